The molecule has 1 unspecified atom stereocenters. The van der Waals surface area contributed by atoms with Crippen molar-refractivity contribution in [2.24, 2.45) is 0 Å². The molecule has 0 aliphatic carbocycles. The highest BCUT2D eigenvalue weighted by Gasteiger charge is 2.31. The van der Waals surface area contributed by atoms with Crippen molar-refractivity contribution in [1.82, 2.24) is 10.2 Å². The quantitative estimate of drug-likeness (QED) is 0.898. The maximum absolute atomic E-state index is 3.72. The Morgan fingerprint density at radius 3 is 2.24 bits per heavy atom. The Kier molecular flexibility index (Phi) is 5.75. The summed E-state index contributed by atoms with van der Waals surface area (Å²) in [6.07, 6.45) is 0. The maximum atomic E-state index is 3.72. The van der Waals surface area contributed by atoms with E-state index in [2.05, 4.69) is 80.0 Å². The van der Waals surface area contributed by atoms with Gasteiger partial charge in [0.2, 0.25) is 0 Å². The van der Waals surface area contributed by atoms with Crippen LogP contribution in [0.1, 0.15) is 33.3 Å². The minimum atomic E-state index is 0.161. The summed E-state index contributed by atoms with van der Waals surface area (Å²) in [5.41, 5.74) is 1.77. The van der Waals surface area contributed by atoms with Crippen molar-refractivity contribution in [3.05, 3.63) is 35.9 Å². The number of nitrogens with one attached hydrogen (secondary N) is 1. The van der Waals surface area contributed by atoms with E-state index >= 15 is 0 Å². The van der Waals surface area contributed by atoms with E-state index in [-0.39, 0.29) is 11.0 Å². The van der Waals surface area contributed by atoms with Gasteiger partial charge in [-0.15, -0.1) is 0 Å². The molecule has 1 heterocycles. The monoisotopic (exact) mass is 306 g/mol. The van der Waals surface area contributed by atoms with Crippen molar-refractivity contribution in [3.63, 3.8) is 0 Å². The molecule has 1 aromatic rings. The Balaban J connectivity index is 2.12. The zero-order valence-electron chi connectivity index (χ0n) is 14.0. The molecule has 1 fully saturated rings. The van der Waals surface area contributed by atoms with Gasteiger partial charge < -0.3 is 10.2 Å². The van der Waals surface area contributed by atoms with Crippen molar-refractivity contribution in [3.8, 4) is 0 Å². The second-order valence-electron chi connectivity index (χ2n) is 7.42. The summed E-state index contributed by atoms with van der Waals surface area (Å²) in [5, 5.41) is 3.72. The van der Waals surface area contributed by atoms with Crippen LogP contribution in [-0.2, 0) is 5.41 Å². The third kappa shape index (κ3) is 5.32. The predicted octanol–water partition coefficient (Wildman–Crippen LogP) is 3.38. The molecule has 0 radical (unpaired) electrons. The number of rotatable bonds is 5. The molecule has 1 atom stereocenters. The molecular formula is C18H30N2S. The molecule has 3 heteroatoms. The Hall–Kier alpha value is -0.510. The van der Waals surface area contributed by atoms with Gasteiger partial charge in [0.1, 0.15) is 0 Å². The van der Waals surface area contributed by atoms with Crippen LogP contribution < -0.4 is 5.32 Å². The van der Waals surface area contributed by atoms with Crippen molar-refractivity contribution < 1.29 is 0 Å². The lowest BCUT2D eigenvalue weighted by Crippen LogP contribution is -2.51. The lowest BCUT2D eigenvalue weighted by molar-refractivity contribution is 0.218. The summed E-state index contributed by atoms with van der Waals surface area (Å²) >= 11 is 2.08. The van der Waals surface area contributed by atoms with Gasteiger partial charge in [-0.3, -0.25) is 0 Å². The SMILES string of the molecule is CC(C)(C)NCC(C)(CN1CCSCC1)c1ccccc1. The Bertz CT molecular complexity index is 421. The number of thioether (sulfide) groups is 1. The summed E-state index contributed by atoms with van der Waals surface area (Å²) in [5.74, 6) is 2.55. The third-order valence-electron chi connectivity index (χ3n) is 4.16. The summed E-state index contributed by atoms with van der Waals surface area (Å²) in [4.78, 5) is 2.63. The van der Waals surface area contributed by atoms with Gasteiger partial charge in [0, 0.05) is 48.6 Å². The molecule has 0 spiro atoms. The Labute approximate surface area is 134 Å². The fourth-order valence-electron chi connectivity index (χ4n) is 2.80. The van der Waals surface area contributed by atoms with Crippen LogP contribution in [0, 0.1) is 0 Å². The smallest absolute Gasteiger partial charge is 0.0177 e. The minimum Gasteiger partial charge on any atom is -0.311 e. The molecular weight excluding hydrogens is 276 g/mol. The molecule has 1 aliphatic heterocycles. The molecule has 1 aliphatic rings. The van der Waals surface area contributed by atoms with Crippen LogP contribution in [-0.4, -0.2) is 48.1 Å². The zero-order chi connectivity index (χ0) is 15.3. The Morgan fingerprint density at radius 1 is 1.05 bits per heavy atom. The van der Waals surface area contributed by atoms with Crippen molar-refractivity contribution in [2.75, 3.05) is 37.7 Å². The van der Waals surface area contributed by atoms with E-state index in [0.29, 0.717) is 0 Å². The number of hydrogen-bond acceptors (Lipinski definition) is 3. The summed E-state index contributed by atoms with van der Waals surface area (Å²) in [7, 11) is 0. The van der Waals surface area contributed by atoms with E-state index in [1.807, 2.05) is 0 Å². The zero-order valence-corrected chi connectivity index (χ0v) is 14.8. The first-order valence-corrected chi connectivity index (χ1v) is 9.15. The van der Waals surface area contributed by atoms with Gasteiger partial charge in [-0.1, -0.05) is 37.3 Å². The molecule has 0 saturated carbocycles. The first kappa shape index (κ1) is 16.9. The van der Waals surface area contributed by atoms with Gasteiger partial charge in [-0.2, -0.15) is 11.8 Å². The van der Waals surface area contributed by atoms with Crippen LogP contribution in [0.2, 0.25) is 0 Å². The van der Waals surface area contributed by atoms with Gasteiger partial charge >= 0.3 is 0 Å². The fourth-order valence-corrected chi connectivity index (χ4v) is 3.78. The van der Waals surface area contributed by atoms with Crippen molar-refractivity contribution >= 4 is 11.8 Å². The van der Waals surface area contributed by atoms with E-state index in [1.165, 1.54) is 30.2 Å². The number of benzene rings is 1. The number of hydrogen-bond donors (Lipinski definition) is 1. The van der Waals surface area contributed by atoms with Crippen molar-refractivity contribution in [1.29, 1.82) is 0 Å². The van der Waals surface area contributed by atoms with Crippen molar-refractivity contribution in [2.45, 2.75) is 38.6 Å². The standard InChI is InChI=1S/C18H30N2S/c1-17(2,3)19-14-18(4,16-8-6-5-7-9-16)15-20-10-12-21-13-11-20/h5-9,19H,10-15H2,1-4H3. The van der Waals surface area contributed by atoms with E-state index in [9.17, 15) is 0 Å². The second-order valence-corrected chi connectivity index (χ2v) is 8.64. The summed E-state index contributed by atoms with van der Waals surface area (Å²) < 4.78 is 0. The molecule has 1 N–H and O–H groups in total. The minimum absolute atomic E-state index is 0.161. The molecule has 1 aromatic carbocycles. The average molecular weight is 307 g/mol. The van der Waals surface area contributed by atoms with Gasteiger partial charge in [0.25, 0.3) is 0 Å². The lowest BCUT2D eigenvalue weighted by atomic mass is 9.81. The third-order valence-corrected chi connectivity index (χ3v) is 5.10. The Morgan fingerprint density at radius 2 is 1.67 bits per heavy atom. The van der Waals surface area contributed by atoms with E-state index < -0.39 is 0 Å². The second kappa shape index (κ2) is 7.17. The molecule has 0 aromatic heterocycles. The summed E-state index contributed by atoms with van der Waals surface area (Å²) in [6.45, 7) is 13.8. The molecule has 0 bridgehead atoms. The molecule has 0 amide bonds. The van der Waals surface area contributed by atoms with E-state index in [4.69, 9.17) is 0 Å². The largest absolute Gasteiger partial charge is 0.311 e. The van der Waals surface area contributed by atoms with Crippen LogP contribution in [0.5, 0.6) is 0 Å². The normalized spacial score (nSPS) is 20.2. The first-order valence-electron chi connectivity index (χ1n) is 8.00. The van der Waals surface area contributed by atoms with Crippen LogP contribution >= 0.6 is 11.8 Å². The van der Waals surface area contributed by atoms with Gasteiger partial charge in [-0.25, -0.2) is 0 Å². The molecule has 21 heavy (non-hydrogen) atoms. The summed E-state index contributed by atoms with van der Waals surface area (Å²) in [6, 6.07) is 11.0. The van der Waals surface area contributed by atoms with Gasteiger partial charge in [0.05, 0.1) is 0 Å². The predicted molar refractivity (Wildman–Crippen MR) is 95.3 cm³/mol. The topological polar surface area (TPSA) is 15.3 Å². The van der Waals surface area contributed by atoms with E-state index in [1.54, 1.807) is 0 Å². The lowest BCUT2D eigenvalue weighted by Gasteiger charge is -2.39. The maximum Gasteiger partial charge on any atom is 0.0177 e. The molecule has 2 nitrogen and oxygen atoms in total. The highest BCUT2D eigenvalue weighted by atomic mass is 32.2. The molecule has 118 valence electrons. The highest BCUT2D eigenvalue weighted by Crippen LogP contribution is 2.26. The van der Waals surface area contributed by atoms with Crippen LogP contribution in [0.3, 0.4) is 0 Å². The van der Waals surface area contributed by atoms with E-state index in [0.717, 1.165) is 13.1 Å². The van der Waals surface area contributed by atoms with Crippen LogP contribution in [0.4, 0.5) is 0 Å². The molecule has 1 saturated heterocycles. The fraction of sp³-hybridized carbons (Fsp3) is 0.667. The van der Waals surface area contributed by atoms with Gasteiger partial charge in [-0.05, 0) is 26.3 Å². The first-order chi connectivity index (χ1) is 9.89. The van der Waals surface area contributed by atoms with Crippen LogP contribution in [0.25, 0.3) is 0 Å². The number of nitrogens with zero attached hydrogens (tertiary/aromatic N) is 1. The molecule has 2 rings (SSSR count). The average Bonchev–Trinajstić information content (AvgIpc) is 2.47. The highest BCUT2D eigenvalue weighted by molar-refractivity contribution is 7.99. The van der Waals surface area contributed by atoms with Crippen LogP contribution in [0.15, 0.2) is 30.3 Å². The van der Waals surface area contributed by atoms with Gasteiger partial charge in [0.15, 0.2) is 0 Å².